The number of rotatable bonds is 0. The van der Waals surface area contributed by atoms with Crippen LogP contribution in [0.2, 0.25) is 0 Å². The van der Waals surface area contributed by atoms with E-state index < -0.39 is 15.1 Å². The van der Waals surface area contributed by atoms with Gasteiger partial charge < -0.3 is 0 Å². The van der Waals surface area contributed by atoms with Crippen LogP contribution in [-0.4, -0.2) is 15.1 Å². The van der Waals surface area contributed by atoms with Crippen LogP contribution in [-0.2, 0) is 9.15 Å². The topological polar surface area (TPSA) is 25.1 Å². The Labute approximate surface area is 38.6 Å². The molecule has 0 bridgehead atoms. The Hall–Kier alpha value is -0.0731. The van der Waals surface area contributed by atoms with Crippen molar-refractivity contribution >= 4 is 9.28 Å². The van der Waals surface area contributed by atoms with Gasteiger partial charge in [0.2, 0.25) is 0 Å². The number of alkyl halides is 3. The normalized spacial score (nSPS) is 22.7. The Morgan fingerprint density at radius 1 is 1.14 bits per heavy atom. The summed E-state index contributed by atoms with van der Waals surface area (Å²) < 4.78 is 40.3. The number of hydrogen-bond donors (Lipinski definition) is 0. The second kappa shape index (κ2) is 1.20. The summed E-state index contributed by atoms with van der Waals surface area (Å²) in [5.41, 5.74) is 0. The molecule has 0 unspecified atom stereocenters. The Kier molecular flexibility index (Phi) is 0.873. The molecule has 42 valence electrons. The quantitative estimate of drug-likeness (QED) is 0.267. The van der Waals surface area contributed by atoms with Crippen molar-refractivity contribution in [2.24, 2.45) is 0 Å². The highest BCUT2D eigenvalue weighted by Gasteiger charge is 2.57. The summed E-state index contributed by atoms with van der Waals surface area (Å²) in [4.78, 5) is 0. The first kappa shape index (κ1) is 5.07. The van der Waals surface area contributed by atoms with Crippen LogP contribution in [0, 0.1) is 0 Å². The summed E-state index contributed by atoms with van der Waals surface area (Å²) in [6.45, 7) is 0. The molecule has 6 heteroatoms. The molecule has 0 spiro atoms. The van der Waals surface area contributed by atoms with Gasteiger partial charge >= 0.3 is 15.1 Å². The molecule has 0 N–H and O–H groups in total. The van der Waals surface area contributed by atoms with Crippen molar-refractivity contribution in [3.8, 4) is 0 Å². The molecule has 0 aromatic heterocycles. The van der Waals surface area contributed by atoms with E-state index in [-0.39, 0.29) is 0 Å². The van der Waals surface area contributed by atoms with Gasteiger partial charge in [0.05, 0.1) is 0 Å². The lowest BCUT2D eigenvalue weighted by atomic mass is 11.5. The molecule has 1 rings (SSSR count). The molecule has 0 amide bonds. The van der Waals surface area contributed by atoms with E-state index in [1.807, 2.05) is 0 Å². The van der Waals surface area contributed by atoms with Crippen molar-refractivity contribution < 1.29 is 22.3 Å². The molecule has 1 aliphatic rings. The van der Waals surface area contributed by atoms with Crippen LogP contribution >= 0.6 is 0 Å². The van der Waals surface area contributed by atoms with Gasteiger partial charge in [-0.2, -0.15) is 13.2 Å². The molecule has 0 atom stereocenters. The second-order valence-electron chi connectivity index (χ2n) is 1.07. The van der Waals surface area contributed by atoms with Crippen LogP contribution in [0.15, 0.2) is 0 Å². The Morgan fingerprint density at radius 3 is 1.57 bits per heavy atom. The maximum Gasteiger partial charge on any atom is 0.503 e. The summed E-state index contributed by atoms with van der Waals surface area (Å²) in [5.74, 6) is -4.19. The molecule has 7 heavy (non-hydrogen) atoms. The van der Waals surface area contributed by atoms with E-state index >= 15 is 0 Å². The van der Waals surface area contributed by atoms with Crippen LogP contribution in [0.1, 0.15) is 0 Å². The lowest BCUT2D eigenvalue weighted by molar-refractivity contribution is -0.0531. The zero-order valence-corrected chi connectivity index (χ0v) is 4.18. The van der Waals surface area contributed by atoms with Gasteiger partial charge in [-0.15, -0.1) is 0 Å². The van der Waals surface area contributed by atoms with E-state index in [1.54, 1.807) is 0 Å². The predicted molar refractivity (Wildman–Crippen MR) is 15.4 cm³/mol. The first-order chi connectivity index (χ1) is 3.11. The van der Waals surface area contributed by atoms with Crippen molar-refractivity contribution in [2.75, 3.05) is 0 Å². The third kappa shape index (κ3) is 1.15. The van der Waals surface area contributed by atoms with Crippen LogP contribution in [0.5, 0.6) is 0 Å². The van der Waals surface area contributed by atoms with Crippen molar-refractivity contribution in [1.82, 2.24) is 0 Å². The standard InChI is InChI=1S/CHF3O2Si/c2-1(3,4)7-5-6-7/h7H. The monoisotopic (exact) mass is 130 g/mol. The fourth-order valence-electron chi connectivity index (χ4n) is 0.137. The van der Waals surface area contributed by atoms with Crippen molar-refractivity contribution in [1.29, 1.82) is 0 Å². The zero-order valence-electron chi connectivity index (χ0n) is 3.03. The van der Waals surface area contributed by atoms with E-state index in [0.29, 0.717) is 0 Å². The lowest BCUT2D eigenvalue weighted by Gasteiger charge is -1.91. The molecule has 0 aliphatic carbocycles. The average molecular weight is 130 g/mol. The molecule has 2 nitrogen and oxygen atoms in total. The molecular formula is CHF3O2Si. The molecule has 0 radical (unpaired) electrons. The molecule has 1 heterocycles. The highest BCUT2D eigenvalue weighted by atomic mass is 28.3. The third-order valence-electron chi connectivity index (χ3n) is 0.460. The lowest BCUT2D eigenvalue weighted by Crippen LogP contribution is -2.20. The maximum atomic E-state index is 11.1. The molecule has 1 saturated heterocycles. The summed E-state index contributed by atoms with van der Waals surface area (Å²) in [6.07, 6.45) is 0. The minimum Gasteiger partial charge on any atom is -0.250 e. The van der Waals surface area contributed by atoms with Gasteiger partial charge in [-0.1, -0.05) is 0 Å². The van der Waals surface area contributed by atoms with Crippen LogP contribution in [0.3, 0.4) is 0 Å². The Morgan fingerprint density at radius 2 is 1.57 bits per heavy atom. The molecule has 0 aromatic rings. The minimum absolute atomic E-state index is 3.11. The fraction of sp³-hybridized carbons (Fsp3) is 1.00. The van der Waals surface area contributed by atoms with Gasteiger partial charge in [-0.3, -0.25) is 9.15 Å². The van der Waals surface area contributed by atoms with E-state index in [9.17, 15) is 13.2 Å². The fourth-order valence-corrected chi connectivity index (χ4v) is 0.577. The van der Waals surface area contributed by atoms with Gasteiger partial charge in [-0.25, -0.2) is 0 Å². The van der Waals surface area contributed by atoms with Crippen molar-refractivity contribution in [2.45, 2.75) is 5.80 Å². The third-order valence-corrected chi connectivity index (χ3v) is 1.38. The van der Waals surface area contributed by atoms with E-state index in [2.05, 4.69) is 9.15 Å². The summed E-state index contributed by atoms with van der Waals surface area (Å²) >= 11 is 0. The summed E-state index contributed by atoms with van der Waals surface area (Å²) in [7, 11) is -3.11. The highest BCUT2D eigenvalue weighted by Crippen LogP contribution is 2.28. The number of hydrogen-bond acceptors (Lipinski definition) is 2. The van der Waals surface area contributed by atoms with E-state index in [1.165, 1.54) is 0 Å². The molecule has 1 fully saturated rings. The van der Waals surface area contributed by atoms with E-state index in [0.717, 1.165) is 0 Å². The van der Waals surface area contributed by atoms with Crippen LogP contribution in [0.4, 0.5) is 13.2 Å². The molecule has 1 aliphatic heterocycles. The van der Waals surface area contributed by atoms with Gasteiger partial charge in [0, 0.05) is 0 Å². The van der Waals surface area contributed by atoms with Gasteiger partial charge in [0.15, 0.2) is 0 Å². The smallest absolute Gasteiger partial charge is 0.250 e. The van der Waals surface area contributed by atoms with Crippen molar-refractivity contribution in [3.63, 3.8) is 0 Å². The van der Waals surface area contributed by atoms with E-state index in [4.69, 9.17) is 0 Å². The number of halogens is 3. The van der Waals surface area contributed by atoms with Crippen LogP contribution in [0.25, 0.3) is 0 Å². The average Bonchev–Trinajstić information content (AvgIpc) is 1.99. The summed E-state index contributed by atoms with van der Waals surface area (Å²) in [6, 6.07) is 0. The first-order valence-electron chi connectivity index (χ1n) is 1.49. The molecular weight excluding hydrogens is 129 g/mol. The Bertz CT molecular complexity index is 75.5. The second-order valence-corrected chi connectivity index (χ2v) is 2.77. The van der Waals surface area contributed by atoms with Gasteiger partial charge in [0.25, 0.3) is 0 Å². The Balaban J connectivity index is 2.36. The van der Waals surface area contributed by atoms with Crippen molar-refractivity contribution in [3.05, 3.63) is 0 Å². The summed E-state index contributed by atoms with van der Waals surface area (Å²) in [5, 5.41) is 0. The maximum absolute atomic E-state index is 11.1. The van der Waals surface area contributed by atoms with Gasteiger partial charge in [-0.05, 0) is 0 Å². The van der Waals surface area contributed by atoms with Crippen LogP contribution < -0.4 is 0 Å². The molecule has 0 aromatic carbocycles. The first-order valence-corrected chi connectivity index (χ1v) is 3.01. The zero-order chi connectivity index (χ0) is 5.49. The van der Waals surface area contributed by atoms with Gasteiger partial charge in [0.1, 0.15) is 0 Å². The largest absolute Gasteiger partial charge is 0.503 e. The minimum atomic E-state index is -4.19. The SMILES string of the molecule is FC(F)(F)[SiH]1OO1. The predicted octanol–water partition coefficient (Wildman–Crippen LogP) is 0.270. The molecule has 0 saturated carbocycles. The highest BCUT2D eigenvalue weighted by molar-refractivity contribution is 6.52.